The molecule has 0 radical (unpaired) electrons. The van der Waals surface area contributed by atoms with Gasteiger partial charge in [0.05, 0.1) is 0 Å². The zero-order valence-corrected chi connectivity index (χ0v) is 12.7. The molecule has 0 saturated carbocycles. The molecule has 0 bridgehead atoms. The Morgan fingerprint density at radius 1 is 1.16 bits per heavy atom. The van der Waals surface area contributed by atoms with Gasteiger partial charge in [-0.25, -0.2) is 0 Å². The Labute approximate surface area is 123 Å². The van der Waals surface area contributed by atoms with E-state index in [0.717, 1.165) is 12.8 Å². The minimum Gasteiger partial charge on any atom is -0.0795 e. The predicted octanol–water partition coefficient (Wildman–Crippen LogP) is 5.64. The van der Waals surface area contributed by atoms with Crippen LogP contribution in [0.5, 0.6) is 0 Å². The van der Waals surface area contributed by atoms with Gasteiger partial charge in [0.25, 0.3) is 0 Å². The average Bonchev–Trinajstić information content (AvgIpc) is 2.89. The summed E-state index contributed by atoms with van der Waals surface area (Å²) in [5, 5.41) is 0. The van der Waals surface area contributed by atoms with Crippen molar-refractivity contribution in [3.63, 3.8) is 0 Å². The number of benzene rings is 2. The summed E-state index contributed by atoms with van der Waals surface area (Å²) in [5.41, 5.74) is 7.06. The van der Waals surface area contributed by atoms with Crippen molar-refractivity contribution in [1.29, 1.82) is 0 Å². The molecule has 0 aromatic heterocycles. The summed E-state index contributed by atoms with van der Waals surface area (Å²) in [5.74, 6) is 0. The van der Waals surface area contributed by atoms with E-state index in [2.05, 4.69) is 71.4 Å². The van der Waals surface area contributed by atoms with E-state index >= 15 is 0 Å². The highest BCUT2D eigenvalue weighted by molar-refractivity contribution is 9.10. The van der Waals surface area contributed by atoms with E-state index in [9.17, 15) is 0 Å². The quantitative estimate of drug-likeness (QED) is 0.688. The molecule has 0 amide bonds. The standard InChI is InChI=1S/C18H17Br/c1-2-7-14-12-17(19)18(13-8-4-3-5-9-13)16-11-6-10-15(14)16/h3-6,8-10,12H,2,7,11H2,1H3. The third-order valence-electron chi connectivity index (χ3n) is 3.70. The summed E-state index contributed by atoms with van der Waals surface area (Å²) in [7, 11) is 0. The van der Waals surface area contributed by atoms with E-state index in [1.807, 2.05) is 0 Å². The predicted molar refractivity (Wildman–Crippen MR) is 86.3 cm³/mol. The van der Waals surface area contributed by atoms with Gasteiger partial charge in [-0.05, 0) is 46.7 Å². The van der Waals surface area contributed by atoms with Crippen LogP contribution in [0.4, 0.5) is 0 Å². The summed E-state index contributed by atoms with van der Waals surface area (Å²) < 4.78 is 1.23. The second-order valence-corrected chi connectivity index (χ2v) is 5.86. The Bertz CT molecular complexity index is 624. The van der Waals surface area contributed by atoms with Crippen molar-refractivity contribution in [1.82, 2.24) is 0 Å². The van der Waals surface area contributed by atoms with E-state index in [-0.39, 0.29) is 0 Å². The first-order valence-electron chi connectivity index (χ1n) is 6.87. The highest BCUT2D eigenvalue weighted by atomic mass is 79.9. The van der Waals surface area contributed by atoms with Crippen molar-refractivity contribution < 1.29 is 0 Å². The number of hydrogen-bond donors (Lipinski definition) is 0. The molecule has 0 N–H and O–H groups in total. The largest absolute Gasteiger partial charge is 0.0795 e. The topological polar surface area (TPSA) is 0 Å². The summed E-state index contributed by atoms with van der Waals surface area (Å²) >= 11 is 3.78. The Hall–Kier alpha value is -1.34. The van der Waals surface area contributed by atoms with E-state index < -0.39 is 0 Å². The summed E-state index contributed by atoms with van der Waals surface area (Å²) in [6.45, 7) is 2.24. The maximum absolute atomic E-state index is 3.78. The maximum atomic E-state index is 3.78. The summed E-state index contributed by atoms with van der Waals surface area (Å²) in [6, 6.07) is 13.0. The molecule has 0 fully saturated rings. The third kappa shape index (κ3) is 2.28. The van der Waals surface area contributed by atoms with Gasteiger partial charge in [-0.3, -0.25) is 0 Å². The minimum atomic E-state index is 1.05. The fourth-order valence-corrected chi connectivity index (χ4v) is 3.63. The minimum absolute atomic E-state index is 1.05. The van der Waals surface area contributed by atoms with Crippen LogP contribution < -0.4 is 0 Å². The molecule has 2 aromatic rings. The highest BCUT2D eigenvalue weighted by Gasteiger charge is 2.18. The van der Waals surface area contributed by atoms with Crippen LogP contribution in [-0.4, -0.2) is 0 Å². The van der Waals surface area contributed by atoms with Gasteiger partial charge in [0.1, 0.15) is 0 Å². The van der Waals surface area contributed by atoms with Crippen molar-refractivity contribution in [2.24, 2.45) is 0 Å². The Morgan fingerprint density at radius 3 is 2.68 bits per heavy atom. The number of aryl methyl sites for hydroxylation is 1. The smallest absolute Gasteiger partial charge is 0.0259 e. The molecular formula is C18H17Br. The fourth-order valence-electron chi connectivity index (χ4n) is 2.88. The second kappa shape index (κ2) is 5.34. The molecule has 0 spiro atoms. The van der Waals surface area contributed by atoms with Crippen molar-refractivity contribution in [3.05, 3.63) is 63.6 Å². The van der Waals surface area contributed by atoms with Gasteiger partial charge < -0.3 is 0 Å². The first kappa shape index (κ1) is 12.7. The van der Waals surface area contributed by atoms with E-state index in [1.165, 1.54) is 38.7 Å². The number of halogens is 1. The molecule has 3 rings (SSSR count). The van der Waals surface area contributed by atoms with Crippen LogP contribution in [0.25, 0.3) is 17.2 Å². The van der Waals surface area contributed by atoms with Gasteiger partial charge in [-0.1, -0.05) is 71.8 Å². The van der Waals surface area contributed by atoms with Crippen LogP contribution in [-0.2, 0) is 12.8 Å². The van der Waals surface area contributed by atoms with Crippen LogP contribution in [0.3, 0.4) is 0 Å². The van der Waals surface area contributed by atoms with Crippen LogP contribution in [0.1, 0.15) is 30.0 Å². The van der Waals surface area contributed by atoms with Gasteiger partial charge in [0.2, 0.25) is 0 Å². The van der Waals surface area contributed by atoms with E-state index in [0.29, 0.717) is 0 Å². The molecule has 2 aromatic carbocycles. The molecule has 1 heteroatoms. The normalized spacial score (nSPS) is 12.7. The fraction of sp³-hybridized carbons (Fsp3) is 0.222. The maximum Gasteiger partial charge on any atom is 0.0259 e. The Morgan fingerprint density at radius 2 is 1.95 bits per heavy atom. The summed E-state index contributed by atoms with van der Waals surface area (Å²) in [6.07, 6.45) is 7.97. The van der Waals surface area contributed by atoms with Crippen LogP contribution >= 0.6 is 15.9 Å². The molecule has 1 aliphatic rings. The molecule has 0 nitrogen and oxygen atoms in total. The monoisotopic (exact) mass is 312 g/mol. The molecule has 1 aliphatic carbocycles. The molecule has 96 valence electrons. The lowest BCUT2D eigenvalue weighted by molar-refractivity contribution is 0.917. The lowest BCUT2D eigenvalue weighted by Crippen LogP contribution is -1.96. The van der Waals surface area contributed by atoms with Crippen LogP contribution in [0.15, 0.2) is 46.9 Å². The van der Waals surface area contributed by atoms with Gasteiger partial charge in [-0.15, -0.1) is 0 Å². The SMILES string of the molecule is CCCc1cc(Br)c(-c2ccccc2)c2c1C=CC2. The van der Waals surface area contributed by atoms with Crippen LogP contribution in [0, 0.1) is 0 Å². The molecule has 0 saturated heterocycles. The molecule has 0 atom stereocenters. The molecular weight excluding hydrogens is 296 g/mol. The molecule has 0 unspecified atom stereocenters. The summed E-state index contributed by atoms with van der Waals surface area (Å²) in [4.78, 5) is 0. The first-order chi connectivity index (χ1) is 9.31. The number of rotatable bonds is 3. The zero-order valence-electron chi connectivity index (χ0n) is 11.1. The Kier molecular flexibility index (Phi) is 3.56. The van der Waals surface area contributed by atoms with Gasteiger partial charge in [0.15, 0.2) is 0 Å². The van der Waals surface area contributed by atoms with Crippen molar-refractivity contribution in [3.8, 4) is 11.1 Å². The van der Waals surface area contributed by atoms with Crippen molar-refractivity contribution in [2.45, 2.75) is 26.2 Å². The van der Waals surface area contributed by atoms with Crippen molar-refractivity contribution >= 4 is 22.0 Å². The third-order valence-corrected chi connectivity index (χ3v) is 4.33. The number of hydrogen-bond acceptors (Lipinski definition) is 0. The lowest BCUT2D eigenvalue weighted by Gasteiger charge is -2.15. The van der Waals surface area contributed by atoms with Gasteiger partial charge in [-0.2, -0.15) is 0 Å². The van der Waals surface area contributed by atoms with Crippen LogP contribution in [0.2, 0.25) is 0 Å². The van der Waals surface area contributed by atoms with Gasteiger partial charge >= 0.3 is 0 Å². The number of allylic oxidation sites excluding steroid dienone is 1. The Balaban J connectivity index is 2.20. The first-order valence-corrected chi connectivity index (χ1v) is 7.66. The van der Waals surface area contributed by atoms with E-state index in [1.54, 1.807) is 0 Å². The molecule has 19 heavy (non-hydrogen) atoms. The number of fused-ring (bicyclic) bond motifs is 1. The van der Waals surface area contributed by atoms with Crippen molar-refractivity contribution in [2.75, 3.05) is 0 Å². The zero-order chi connectivity index (χ0) is 13.2. The van der Waals surface area contributed by atoms with Gasteiger partial charge in [0, 0.05) is 4.47 Å². The second-order valence-electron chi connectivity index (χ2n) is 5.01. The van der Waals surface area contributed by atoms with E-state index in [4.69, 9.17) is 0 Å². The lowest BCUT2D eigenvalue weighted by atomic mass is 9.92. The molecule has 0 aliphatic heterocycles. The highest BCUT2D eigenvalue weighted by Crippen LogP contribution is 2.39. The molecule has 0 heterocycles. The average molecular weight is 313 g/mol.